The molecule has 0 amide bonds. The number of anilines is 2. The minimum atomic E-state index is 0.371. The summed E-state index contributed by atoms with van der Waals surface area (Å²) >= 11 is 0. The molecule has 96 valence electrons. The Morgan fingerprint density at radius 2 is 2.22 bits per heavy atom. The summed E-state index contributed by atoms with van der Waals surface area (Å²) in [6.45, 7) is 2.61. The first-order valence-electron chi connectivity index (χ1n) is 5.49. The van der Waals surface area contributed by atoms with Crippen LogP contribution in [0.1, 0.15) is 11.3 Å². The first-order chi connectivity index (χ1) is 8.63. The number of aryl methyl sites for hydroxylation is 1. The number of nitrogens with two attached hydrogens (primary N) is 1. The van der Waals surface area contributed by atoms with Crippen molar-refractivity contribution < 1.29 is 4.74 Å². The van der Waals surface area contributed by atoms with Crippen molar-refractivity contribution in [1.29, 1.82) is 0 Å². The molecule has 0 aliphatic heterocycles. The number of rotatable bonds is 4. The zero-order valence-electron chi connectivity index (χ0n) is 10.6. The minimum absolute atomic E-state index is 0.371. The van der Waals surface area contributed by atoms with E-state index in [4.69, 9.17) is 10.5 Å². The molecule has 7 nitrogen and oxygen atoms in total. The Hall–Kier alpha value is -2.31. The summed E-state index contributed by atoms with van der Waals surface area (Å²) in [5, 5.41) is 7.32. The first kappa shape index (κ1) is 12.2. The van der Waals surface area contributed by atoms with Gasteiger partial charge in [0.05, 0.1) is 13.3 Å². The molecule has 0 aliphatic carbocycles. The van der Waals surface area contributed by atoms with Crippen LogP contribution >= 0.6 is 0 Å². The zero-order valence-corrected chi connectivity index (χ0v) is 10.6. The first-order valence-corrected chi connectivity index (χ1v) is 5.49. The highest BCUT2D eigenvalue weighted by molar-refractivity contribution is 5.66. The maximum atomic E-state index is 5.87. The third kappa shape index (κ3) is 2.20. The van der Waals surface area contributed by atoms with E-state index in [1.165, 1.54) is 13.4 Å². The number of ether oxygens (including phenoxy) is 1. The Morgan fingerprint density at radius 3 is 2.83 bits per heavy atom. The van der Waals surface area contributed by atoms with Gasteiger partial charge in [0.2, 0.25) is 5.88 Å². The number of aromatic nitrogens is 4. The van der Waals surface area contributed by atoms with Crippen molar-refractivity contribution in [1.82, 2.24) is 19.7 Å². The molecule has 0 saturated carbocycles. The summed E-state index contributed by atoms with van der Waals surface area (Å²) in [5.41, 5.74) is 8.46. The van der Waals surface area contributed by atoms with Crippen LogP contribution in [0.15, 0.2) is 12.5 Å². The maximum absolute atomic E-state index is 5.87. The fraction of sp³-hybridized carbons (Fsp3) is 0.364. The lowest BCUT2D eigenvalue weighted by atomic mass is 10.2. The Bertz CT molecular complexity index is 550. The average molecular weight is 248 g/mol. The SMILES string of the molecule is COc1ncnc(NCc2cnn(C)c2C)c1N. The molecule has 3 N–H and O–H groups in total. The van der Waals surface area contributed by atoms with Crippen LogP contribution in [0.4, 0.5) is 11.5 Å². The molecule has 2 aromatic heterocycles. The van der Waals surface area contributed by atoms with E-state index in [-0.39, 0.29) is 0 Å². The van der Waals surface area contributed by atoms with Gasteiger partial charge in [0.15, 0.2) is 5.82 Å². The Kier molecular flexibility index (Phi) is 3.31. The van der Waals surface area contributed by atoms with Gasteiger partial charge in [-0.3, -0.25) is 4.68 Å². The summed E-state index contributed by atoms with van der Waals surface area (Å²) in [6.07, 6.45) is 3.23. The van der Waals surface area contributed by atoms with Crippen LogP contribution < -0.4 is 15.8 Å². The zero-order chi connectivity index (χ0) is 13.1. The van der Waals surface area contributed by atoms with Crippen molar-refractivity contribution in [2.75, 3.05) is 18.2 Å². The van der Waals surface area contributed by atoms with Gasteiger partial charge in [-0.15, -0.1) is 0 Å². The quantitative estimate of drug-likeness (QED) is 0.828. The lowest BCUT2D eigenvalue weighted by Gasteiger charge is -2.09. The molecule has 2 heterocycles. The molecule has 18 heavy (non-hydrogen) atoms. The average Bonchev–Trinajstić information content (AvgIpc) is 2.69. The monoisotopic (exact) mass is 248 g/mol. The van der Waals surface area contributed by atoms with Gasteiger partial charge in [0.25, 0.3) is 0 Å². The summed E-state index contributed by atoms with van der Waals surface area (Å²) < 4.78 is 6.85. The standard InChI is InChI=1S/C11H16N6O/c1-7-8(5-16-17(7)2)4-13-10-9(12)11(18-3)15-6-14-10/h5-6H,4,12H2,1-3H3,(H,13,14,15). The molecule has 0 fully saturated rings. The number of nitrogen functional groups attached to an aromatic ring is 1. The van der Waals surface area contributed by atoms with Gasteiger partial charge in [-0.25, -0.2) is 4.98 Å². The summed E-state index contributed by atoms with van der Waals surface area (Å²) in [4.78, 5) is 8.00. The van der Waals surface area contributed by atoms with Gasteiger partial charge in [0, 0.05) is 24.8 Å². The molecule has 0 aliphatic rings. The van der Waals surface area contributed by atoms with Crippen molar-refractivity contribution in [3.8, 4) is 5.88 Å². The van der Waals surface area contributed by atoms with Crippen LogP contribution in [0.2, 0.25) is 0 Å². The predicted octanol–water partition coefficient (Wildman–Crippen LogP) is 0.721. The highest BCUT2D eigenvalue weighted by Crippen LogP contribution is 2.24. The van der Waals surface area contributed by atoms with Gasteiger partial charge in [0.1, 0.15) is 12.0 Å². The van der Waals surface area contributed by atoms with Crippen LogP contribution in [-0.4, -0.2) is 26.9 Å². The van der Waals surface area contributed by atoms with Crippen molar-refractivity contribution in [3.05, 3.63) is 23.8 Å². The number of nitrogens with zero attached hydrogens (tertiary/aromatic N) is 4. The highest BCUT2D eigenvalue weighted by Gasteiger charge is 2.09. The summed E-state index contributed by atoms with van der Waals surface area (Å²) in [6, 6.07) is 0. The van der Waals surface area contributed by atoms with Crippen LogP contribution in [-0.2, 0) is 13.6 Å². The normalized spacial score (nSPS) is 10.4. The summed E-state index contributed by atoms with van der Waals surface area (Å²) in [7, 11) is 3.43. The second-order valence-corrected chi connectivity index (χ2v) is 3.88. The molecule has 0 spiro atoms. The molecule has 7 heteroatoms. The van der Waals surface area contributed by atoms with Crippen molar-refractivity contribution >= 4 is 11.5 Å². The van der Waals surface area contributed by atoms with E-state index in [1.807, 2.05) is 24.9 Å². The van der Waals surface area contributed by atoms with Crippen molar-refractivity contribution in [2.45, 2.75) is 13.5 Å². The molecule has 0 radical (unpaired) electrons. The lowest BCUT2D eigenvalue weighted by Crippen LogP contribution is -2.07. The second-order valence-electron chi connectivity index (χ2n) is 3.88. The van der Waals surface area contributed by atoms with E-state index in [0.717, 1.165) is 11.3 Å². The Morgan fingerprint density at radius 1 is 1.44 bits per heavy atom. The fourth-order valence-electron chi connectivity index (χ4n) is 1.58. The van der Waals surface area contributed by atoms with E-state index >= 15 is 0 Å². The molecule has 0 bridgehead atoms. The predicted molar refractivity (Wildman–Crippen MR) is 68.3 cm³/mol. The van der Waals surface area contributed by atoms with Gasteiger partial charge >= 0.3 is 0 Å². The Balaban J connectivity index is 2.13. The smallest absolute Gasteiger partial charge is 0.242 e. The van der Waals surface area contributed by atoms with Crippen molar-refractivity contribution in [2.24, 2.45) is 7.05 Å². The highest BCUT2D eigenvalue weighted by atomic mass is 16.5. The third-order valence-electron chi connectivity index (χ3n) is 2.82. The molecule has 2 rings (SSSR count). The second kappa shape index (κ2) is 4.91. The van der Waals surface area contributed by atoms with E-state index in [2.05, 4.69) is 20.4 Å². The molecular formula is C11H16N6O. The van der Waals surface area contributed by atoms with Crippen LogP contribution in [0.3, 0.4) is 0 Å². The van der Waals surface area contributed by atoms with Gasteiger partial charge in [-0.1, -0.05) is 0 Å². The van der Waals surface area contributed by atoms with Crippen LogP contribution in [0.5, 0.6) is 5.88 Å². The lowest BCUT2D eigenvalue weighted by molar-refractivity contribution is 0.399. The maximum Gasteiger partial charge on any atom is 0.242 e. The number of methoxy groups -OCH3 is 1. The van der Waals surface area contributed by atoms with Crippen LogP contribution in [0, 0.1) is 6.92 Å². The van der Waals surface area contributed by atoms with Gasteiger partial charge < -0.3 is 15.8 Å². The number of hydrogen-bond donors (Lipinski definition) is 2. The molecule has 0 atom stereocenters. The van der Waals surface area contributed by atoms with E-state index in [9.17, 15) is 0 Å². The number of nitrogens with one attached hydrogen (secondary N) is 1. The molecule has 0 saturated heterocycles. The summed E-state index contributed by atoms with van der Waals surface area (Å²) in [5.74, 6) is 0.931. The largest absolute Gasteiger partial charge is 0.479 e. The molecule has 2 aromatic rings. The van der Waals surface area contributed by atoms with E-state index < -0.39 is 0 Å². The molecule has 0 unspecified atom stereocenters. The van der Waals surface area contributed by atoms with Crippen LogP contribution in [0.25, 0.3) is 0 Å². The third-order valence-corrected chi connectivity index (χ3v) is 2.82. The molecule has 0 aromatic carbocycles. The van der Waals surface area contributed by atoms with Gasteiger partial charge in [-0.2, -0.15) is 10.1 Å². The minimum Gasteiger partial charge on any atom is -0.479 e. The molecular weight excluding hydrogens is 232 g/mol. The van der Waals surface area contributed by atoms with Crippen molar-refractivity contribution in [3.63, 3.8) is 0 Å². The number of hydrogen-bond acceptors (Lipinski definition) is 6. The topological polar surface area (TPSA) is 90.9 Å². The van der Waals surface area contributed by atoms with E-state index in [0.29, 0.717) is 23.9 Å². The van der Waals surface area contributed by atoms with Gasteiger partial charge in [-0.05, 0) is 6.92 Å². The fourth-order valence-corrected chi connectivity index (χ4v) is 1.58. The Labute approximate surface area is 105 Å². The van der Waals surface area contributed by atoms with E-state index in [1.54, 1.807) is 0 Å².